The van der Waals surface area contributed by atoms with Gasteiger partial charge in [-0.15, -0.1) is 0 Å². The van der Waals surface area contributed by atoms with Gasteiger partial charge in [-0.3, -0.25) is 14.5 Å². The zero-order valence-electron chi connectivity index (χ0n) is 19.6. The highest BCUT2D eigenvalue weighted by molar-refractivity contribution is 6.00. The van der Waals surface area contributed by atoms with Crippen LogP contribution in [0, 0.1) is 12.3 Å². The van der Waals surface area contributed by atoms with E-state index in [-0.39, 0.29) is 17.7 Å². The van der Waals surface area contributed by atoms with E-state index in [0.29, 0.717) is 25.3 Å². The van der Waals surface area contributed by atoms with Gasteiger partial charge in [-0.2, -0.15) is 0 Å². The second kappa shape index (κ2) is 8.52. The van der Waals surface area contributed by atoms with Gasteiger partial charge in [0.05, 0.1) is 20.1 Å². The zero-order chi connectivity index (χ0) is 23.0. The van der Waals surface area contributed by atoms with Crippen molar-refractivity contribution in [3.05, 3.63) is 46.9 Å². The van der Waals surface area contributed by atoms with Gasteiger partial charge in [0.15, 0.2) is 0 Å². The number of fused-ring (bicyclic) bond motifs is 1. The average Bonchev–Trinajstić information content (AvgIpc) is 3.09. The molecule has 3 heterocycles. The van der Waals surface area contributed by atoms with Crippen LogP contribution in [0.4, 0.5) is 5.82 Å². The molecule has 0 saturated carbocycles. The summed E-state index contributed by atoms with van der Waals surface area (Å²) < 4.78 is 5.47. The Hall–Kier alpha value is -2.96. The molecule has 7 heteroatoms. The van der Waals surface area contributed by atoms with Crippen LogP contribution >= 0.6 is 0 Å². The molecule has 1 saturated heterocycles. The van der Waals surface area contributed by atoms with Crippen molar-refractivity contribution in [3.8, 4) is 5.75 Å². The number of aromatic nitrogens is 2. The van der Waals surface area contributed by atoms with Gasteiger partial charge in [-0.25, -0.2) is 9.97 Å². The lowest BCUT2D eigenvalue weighted by atomic mass is 9.91. The topological polar surface area (TPSA) is 75.6 Å². The fraction of sp³-hybridized carbons (Fsp3) is 0.520. The molecule has 0 spiro atoms. The standard InChI is InChI=1S/C25H32N4O3/c1-16-19-13-21(30)29(15-17-9-6-7-11-20(17)32-5)23(19)27-22(26-16)18-10-8-12-28(14-18)24(31)25(2,3)4/h6-7,9,11,18H,8,10,12-15H2,1-5H3. The minimum absolute atomic E-state index is 0.0219. The number of likely N-dealkylation sites (tertiary alicyclic amines) is 1. The van der Waals surface area contributed by atoms with Crippen LogP contribution in [0.25, 0.3) is 0 Å². The van der Waals surface area contributed by atoms with Crippen molar-refractivity contribution in [3.63, 3.8) is 0 Å². The highest BCUT2D eigenvalue weighted by Gasteiger charge is 2.35. The lowest BCUT2D eigenvalue weighted by molar-refractivity contribution is -0.140. The van der Waals surface area contributed by atoms with E-state index in [2.05, 4.69) is 0 Å². The van der Waals surface area contributed by atoms with Crippen LogP contribution in [0.5, 0.6) is 5.75 Å². The predicted molar refractivity (Wildman–Crippen MR) is 123 cm³/mol. The molecule has 4 rings (SSSR count). The van der Waals surface area contributed by atoms with Crippen molar-refractivity contribution >= 4 is 17.6 Å². The number of hydrogen-bond donors (Lipinski definition) is 0. The summed E-state index contributed by atoms with van der Waals surface area (Å²) in [5.41, 5.74) is 2.27. The molecule has 7 nitrogen and oxygen atoms in total. The third kappa shape index (κ3) is 4.20. The number of hydrogen-bond acceptors (Lipinski definition) is 5. The van der Waals surface area contributed by atoms with E-state index < -0.39 is 5.41 Å². The normalized spacial score (nSPS) is 18.7. The van der Waals surface area contributed by atoms with Crippen LogP contribution in [0.15, 0.2) is 24.3 Å². The molecule has 0 radical (unpaired) electrons. The van der Waals surface area contributed by atoms with Gasteiger partial charge in [0.25, 0.3) is 0 Å². The summed E-state index contributed by atoms with van der Waals surface area (Å²) in [7, 11) is 1.64. The van der Waals surface area contributed by atoms with Crippen molar-refractivity contribution in [2.24, 2.45) is 5.41 Å². The first-order valence-electron chi connectivity index (χ1n) is 11.3. The van der Waals surface area contributed by atoms with Gasteiger partial charge in [-0.05, 0) is 25.8 Å². The Bertz CT molecular complexity index is 1040. The van der Waals surface area contributed by atoms with Crippen molar-refractivity contribution in [2.45, 2.75) is 59.4 Å². The van der Waals surface area contributed by atoms with E-state index in [1.165, 1.54) is 0 Å². The molecule has 1 fully saturated rings. The molecule has 2 aliphatic rings. The monoisotopic (exact) mass is 436 g/mol. The van der Waals surface area contributed by atoms with Crippen LogP contribution in [-0.4, -0.2) is 46.9 Å². The Kier molecular flexibility index (Phi) is 5.93. The van der Waals surface area contributed by atoms with Crippen LogP contribution in [0.1, 0.15) is 62.2 Å². The number of nitrogens with zero attached hydrogens (tertiary/aromatic N) is 4. The van der Waals surface area contributed by atoms with E-state index >= 15 is 0 Å². The Morgan fingerprint density at radius 2 is 1.97 bits per heavy atom. The summed E-state index contributed by atoms with van der Waals surface area (Å²) >= 11 is 0. The number of ether oxygens (including phenoxy) is 1. The molecule has 0 bridgehead atoms. The number of rotatable bonds is 4. The molecule has 170 valence electrons. The Labute approximate surface area is 189 Å². The quantitative estimate of drug-likeness (QED) is 0.732. The zero-order valence-corrected chi connectivity index (χ0v) is 19.6. The summed E-state index contributed by atoms with van der Waals surface area (Å²) in [6.45, 7) is 9.61. The maximum absolute atomic E-state index is 12.9. The van der Waals surface area contributed by atoms with Crippen LogP contribution < -0.4 is 9.64 Å². The fourth-order valence-corrected chi connectivity index (χ4v) is 4.59. The minimum Gasteiger partial charge on any atom is -0.496 e. The molecule has 32 heavy (non-hydrogen) atoms. The number of aryl methyl sites for hydroxylation is 1. The summed E-state index contributed by atoms with van der Waals surface area (Å²) in [6, 6.07) is 7.73. The molecule has 2 amide bonds. The number of para-hydroxylation sites is 1. The van der Waals surface area contributed by atoms with Gasteiger partial charge in [0, 0.05) is 41.2 Å². The maximum atomic E-state index is 12.9. The van der Waals surface area contributed by atoms with Crippen LogP contribution in [0.2, 0.25) is 0 Å². The van der Waals surface area contributed by atoms with Gasteiger partial charge in [0.2, 0.25) is 11.8 Å². The van der Waals surface area contributed by atoms with E-state index in [1.54, 1.807) is 12.0 Å². The third-order valence-corrected chi connectivity index (χ3v) is 6.33. The largest absolute Gasteiger partial charge is 0.496 e. The second-order valence-electron chi connectivity index (χ2n) is 9.78. The van der Waals surface area contributed by atoms with E-state index in [0.717, 1.165) is 47.8 Å². The van der Waals surface area contributed by atoms with Gasteiger partial charge in [0.1, 0.15) is 17.4 Å². The molecule has 1 unspecified atom stereocenters. The third-order valence-electron chi connectivity index (χ3n) is 6.33. The Balaban J connectivity index is 1.63. The first kappa shape index (κ1) is 22.2. The number of carbonyl (C=O) groups is 2. The molecule has 2 aromatic rings. The summed E-state index contributed by atoms with van der Waals surface area (Å²) in [5, 5.41) is 0. The highest BCUT2D eigenvalue weighted by Crippen LogP contribution is 2.35. The Morgan fingerprint density at radius 3 is 2.69 bits per heavy atom. The van der Waals surface area contributed by atoms with Crippen molar-refractivity contribution < 1.29 is 14.3 Å². The average molecular weight is 437 g/mol. The number of amides is 2. The molecular weight excluding hydrogens is 404 g/mol. The van der Waals surface area contributed by atoms with Crippen molar-refractivity contribution in [1.82, 2.24) is 14.9 Å². The number of piperidine rings is 1. The predicted octanol–water partition coefficient (Wildman–Crippen LogP) is 3.64. The van der Waals surface area contributed by atoms with E-state index in [9.17, 15) is 9.59 Å². The van der Waals surface area contributed by atoms with Crippen molar-refractivity contribution in [2.75, 3.05) is 25.1 Å². The number of anilines is 1. The van der Waals surface area contributed by atoms with E-state index in [1.807, 2.05) is 56.9 Å². The molecule has 0 N–H and O–H groups in total. The molecular formula is C25H32N4O3. The molecule has 1 aromatic heterocycles. The summed E-state index contributed by atoms with van der Waals surface area (Å²) in [6.07, 6.45) is 2.18. The number of methoxy groups -OCH3 is 1. The summed E-state index contributed by atoms with van der Waals surface area (Å²) in [4.78, 5) is 39.1. The summed E-state index contributed by atoms with van der Waals surface area (Å²) in [5.74, 6) is 2.43. The van der Waals surface area contributed by atoms with Gasteiger partial charge in [-0.1, -0.05) is 39.0 Å². The first-order valence-corrected chi connectivity index (χ1v) is 11.3. The SMILES string of the molecule is COc1ccccc1CN1C(=O)Cc2c(C)nc(C3CCCN(C(=O)C(C)(C)C)C3)nc21. The molecule has 2 aliphatic heterocycles. The number of carbonyl (C=O) groups excluding carboxylic acids is 2. The lowest BCUT2D eigenvalue weighted by Gasteiger charge is -2.36. The second-order valence-corrected chi connectivity index (χ2v) is 9.78. The van der Waals surface area contributed by atoms with Crippen molar-refractivity contribution in [1.29, 1.82) is 0 Å². The lowest BCUT2D eigenvalue weighted by Crippen LogP contribution is -2.45. The van der Waals surface area contributed by atoms with Crippen LogP contribution in [-0.2, 0) is 22.6 Å². The molecule has 1 atom stereocenters. The van der Waals surface area contributed by atoms with Crippen LogP contribution in [0.3, 0.4) is 0 Å². The Morgan fingerprint density at radius 1 is 1.22 bits per heavy atom. The fourth-order valence-electron chi connectivity index (χ4n) is 4.59. The number of benzene rings is 1. The maximum Gasteiger partial charge on any atom is 0.233 e. The first-order chi connectivity index (χ1) is 15.2. The molecule has 1 aromatic carbocycles. The smallest absolute Gasteiger partial charge is 0.233 e. The highest BCUT2D eigenvalue weighted by atomic mass is 16.5. The van der Waals surface area contributed by atoms with Gasteiger partial charge >= 0.3 is 0 Å². The van der Waals surface area contributed by atoms with Gasteiger partial charge < -0.3 is 9.64 Å². The van der Waals surface area contributed by atoms with E-state index in [4.69, 9.17) is 14.7 Å². The minimum atomic E-state index is -0.408. The molecule has 0 aliphatic carbocycles.